The van der Waals surface area contributed by atoms with Gasteiger partial charge < -0.3 is 18.9 Å². The van der Waals surface area contributed by atoms with Crippen LogP contribution in [0.25, 0.3) is 0 Å². The number of Topliss-reactive ketones (excluding diaryl/α,β-unsaturated/α-hetero) is 1. The van der Waals surface area contributed by atoms with Gasteiger partial charge in [0.1, 0.15) is 17.7 Å². The van der Waals surface area contributed by atoms with Gasteiger partial charge in [-0.25, -0.2) is 0 Å². The van der Waals surface area contributed by atoms with Crippen LogP contribution in [0.3, 0.4) is 0 Å². The Morgan fingerprint density at radius 2 is 1.61 bits per heavy atom. The highest BCUT2D eigenvalue weighted by atomic mass is 31.2. The van der Waals surface area contributed by atoms with E-state index in [0.717, 1.165) is 11.3 Å². The fraction of sp³-hybridized carbons (Fsp3) is 0.381. The summed E-state index contributed by atoms with van der Waals surface area (Å²) in [5, 5.41) is 10.2. The van der Waals surface area contributed by atoms with E-state index in [1.165, 1.54) is 12.1 Å². The van der Waals surface area contributed by atoms with Crippen LogP contribution in [-0.4, -0.2) is 36.9 Å². The Labute approximate surface area is 166 Å². The molecule has 0 saturated heterocycles. The molecule has 0 bridgehead atoms. The number of rotatable bonds is 11. The molecule has 2 aromatic rings. The molecule has 0 aliphatic heterocycles. The minimum atomic E-state index is -3.47. The van der Waals surface area contributed by atoms with E-state index in [0.29, 0.717) is 24.2 Å². The van der Waals surface area contributed by atoms with Gasteiger partial charge in [0.15, 0.2) is 5.78 Å². The van der Waals surface area contributed by atoms with Crippen molar-refractivity contribution in [3.05, 3.63) is 59.2 Å². The molecule has 0 saturated carbocycles. The highest BCUT2D eigenvalue weighted by molar-refractivity contribution is 7.54. The van der Waals surface area contributed by atoms with Crippen LogP contribution in [0.2, 0.25) is 0 Å². The molecule has 0 atom stereocenters. The molecule has 0 radical (unpaired) electrons. The molecule has 28 heavy (non-hydrogen) atoms. The van der Waals surface area contributed by atoms with Gasteiger partial charge in [-0.15, -0.1) is 0 Å². The third-order valence-electron chi connectivity index (χ3n) is 4.02. The molecule has 0 fully saturated rings. The fourth-order valence-corrected chi connectivity index (χ4v) is 4.36. The Morgan fingerprint density at radius 1 is 0.964 bits per heavy atom. The monoisotopic (exact) mass is 406 g/mol. The molecular formula is C21H27O6P. The molecule has 7 heteroatoms. The predicted molar refractivity (Wildman–Crippen MR) is 109 cm³/mol. The molecule has 1 N–H and O–H groups in total. The van der Waals surface area contributed by atoms with Crippen molar-refractivity contribution in [1.29, 1.82) is 0 Å². The summed E-state index contributed by atoms with van der Waals surface area (Å²) in [5.74, 6) is 0.531. The number of carbonyl (C=O) groups is 1. The van der Waals surface area contributed by atoms with E-state index in [1.54, 1.807) is 19.9 Å². The first-order valence-corrected chi connectivity index (χ1v) is 11.1. The predicted octanol–water partition coefficient (Wildman–Crippen LogP) is 4.83. The van der Waals surface area contributed by atoms with Gasteiger partial charge in [-0.1, -0.05) is 12.1 Å². The summed E-state index contributed by atoms with van der Waals surface area (Å²) >= 11 is 0. The third kappa shape index (κ3) is 6.20. The van der Waals surface area contributed by atoms with E-state index in [9.17, 15) is 14.5 Å². The quantitative estimate of drug-likeness (QED) is 0.425. The summed E-state index contributed by atoms with van der Waals surface area (Å²) < 4.78 is 28.4. The van der Waals surface area contributed by atoms with Crippen LogP contribution in [0.5, 0.6) is 11.5 Å². The molecular weight excluding hydrogens is 379 g/mol. The van der Waals surface area contributed by atoms with Gasteiger partial charge in [0.25, 0.3) is 0 Å². The van der Waals surface area contributed by atoms with Gasteiger partial charge >= 0.3 is 7.60 Å². The van der Waals surface area contributed by atoms with Gasteiger partial charge in [0.2, 0.25) is 0 Å². The van der Waals surface area contributed by atoms with Gasteiger partial charge in [-0.3, -0.25) is 9.36 Å². The summed E-state index contributed by atoms with van der Waals surface area (Å²) in [6.45, 7) is 6.31. The maximum atomic E-state index is 12.6. The minimum absolute atomic E-state index is 0.100. The number of hydrogen-bond acceptors (Lipinski definition) is 6. The van der Waals surface area contributed by atoms with Crippen LogP contribution in [0.15, 0.2) is 42.5 Å². The lowest BCUT2D eigenvalue weighted by molar-refractivity contribution is 0.100. The van der Waals surface area contributed by atoms with E-state index in [1.807, 2.05) is 31.2 Å². The van der Waals surface area contributed by atoms with Crippen molar-refractivity contribution in [2.24, 2.45) is 0 Å². The van der Waals surface area contributed by atoms with Crippen LogP contribution in [0.4, 0.5) is 0 Å². The van der Waals surface area contributed by atoms with E-state index < -0.39 is 7.60 Å². The minimum Gasteiger partial charge on any atom is -0.508 e. The Kier molecular flexibility index (Phi) is 8.24. The second-order valence-corrected chi connectivity index (χ2v) is 8.18. The first-order valence-electron chi connectivity index (χ1n) is 9.35. The van der Waals surface area contributed by atoms with Crippen LogP contribution in [-0.2, 0) is 20.0 Å². The van der Waals surface area contributed by atoms with Crippen LogP contribution in [0.1, 0.15) is 42.3 Å². The smallest absolute Gasteiger partial charge is 0.338 e. The van der Waals surface area contributed by atoms with Crippen molar-refractivity contribution >= 4 is 13.4 Å². The lowest BCUT2D eigenvalue weighted by Gasteiger charge is -2.16. The number of hydrogen-bond donors (Lipinski definition) is 1. The number of phenolic OH excluding ortho intramolecular Hbond substituents is 1. The zero-order chi connectivity index (χ0) is 20.6. The zero-order valence-corrected chi connectivity index (χ0v) is 17.4. The van der Waals surface area contributed by atoms with Crippen molar-refractivity contribution in [3.63, 3.8) is 0 Å². The molecule has 0 aromatic heterocycles. The largest absolute Gasteiger partial charge is 0.508 e. The molecule has 0 aliphatic rings. The SMILES string of the molecule is CCOc1ccc(Cc2cc(C(=O)CP(=O)(OCC)OCC)ccc2O)cc1. The summed E-state index contributed by atoms with van der Waals surface area (Å²) in [5.41, 5.74) is 1.94. The summed E-state index contributed by atoms with van der Waals surface area (Å²) in [4.78, 5) is 12.6. The van der Waals surface area contributed by atoms with Crippen LogP contribution in [0, 0.1) is 0 Å². The van der Waals surface area contributed by atoms with Gasteiger partial charge in [-0.05, 0) is 62.2 Å². The van der Waals surface area contributed by atoms with Gasteiger partial charge in [0.05, 0.1) is 19.8 Å². The molecule has 0 aliphatic carbocycles. The van der Waals surface area contributed by atoms with E-state index in [-0.39, 0.29) is 30.9 Å². The average molecular weight is 406 g/mol. The number of ketones is 1. The molecule has 0 spiro atoms. The van der Waals surface area contributed by atoms with Crippen molar-refractivity contribution < 1.29 is 28.3 Å². The van der Waals surface area contributed by atoms with Crippen molar-refractivity contribution in [2.45, 2.75) is 27.2 Å². The van der Waals surface area contributed by atoms with Gasteiger partial charge in [-0.2, -0.15) is 0 Å². The molecule has 152 valence electrons. The highest BCUT2D eigenvalue weighted by Crippen LogP contribution is 2.48. The van der Waals surface area contributed by atoms with Crippen molar-refractivity contribution in [2.75, 3.05) is 26.0 Å². The molecule has 6 nitrogen and oxygen atoms in total. The Bertz CT molecular complexity index is 821. The van der Waals surface area contributed by atoms with E-state index >= 15 is 0 Å². The number of aromatic hydroxyl groups is 1. The Balaban J connectivity index is 2.17. The van der Waals surface area contributed by atoms with Crippen LogP contribution >= 0.6 is 7.60 Å². The normalized spacial score (nSPS) is 11.4. The summed E-state index contributed by atoms with van der Waals surface area (Å²) in [7, 11) is -3.47. The highest BCUT2D eigenvalue weighted by Gasteiger charge is 2.28. The standard InChI is InChI=1S/C21H27O6P/c1-4-25-19-10-7-16(8-11-19)13-18-14-17(9-12-20(18)22)21(23)15-28(24,26-5-2)27-6-3/h7-12,14,22H,4-6,13,15H2,1-3H3. The lowest BCUT2D eigenvalue weighted by atomic mass is 10.0. The topological polar surface area (TPSA) is 82.1 Å². The first kappa shape index (κ1) is 22.2. The van der Waals surface area contributed by atoms with E-state index in [2.05, 4.69) is 0 Å². The molecule has 2 rings (SSSR count). The van der Waals surface area contributed by atoms with Crippen molar-refractivity contribution in [3.8, 4) is 11.5 Å². The number of carbonyl (C=O) groups excluding carboxylic acids is 1. The maximum absolute atomic E-state index is 12.6. The zero-order valence-electron chi connectivity index (χ0n) is 16.5. The average Bonchev–Trinajstić information content (AvgIpc) is 2.65. The first-order chi connectivity index (χ1) is 13.4. The van der Waals surface area contributed by atoms with Gasteiger partial charge in [0, 0.05) is 12.0 Å². The van der Waals surface area contributed by atoms with Crippen LogP contribution < -0.4 is 4.74 Å². The molecule has 0 unspecified atom stereocenters. The second kappa shape index (κ2) is 10.4. The Morgan fingerprint density at radius 3 is 2.18 bits per heavy atom. The van der Waals surface area contributed by atoms with E-state index in [4.69, 9.17) is 13.8 Å². The number of phenols is 1. The molecule has 0 amide bonds. The lowest BCUT2D eigenvalue weighted by Crippen LogP contribution is -2.10. The Hall–Kier alpha value is -2.14. The second-order valence-electron chi connectivity index (χ2n) is 6.12. The molecule has 2 aromatic carbocycles. The summed E-state index contributed by atoms with van der Waals surface area (Å²) in [6.07, 6.45) is 0.121. The number of ether oxygens (including phenoxy) is 1. The third-order valence-corrected chi connectivity index (χ3v) is 6.00. The fourth-order valence-electron chi connectivity index (χ4n) is 2.78. The maximum Gasteiger partial charge on any atom is 0.338 e. The molecule has 0 heterocycles. The summed E-state index contributed by atoms with van der Waals surface area (Å²) in [6, 6.07) is 12.2. The van der Waals surface area contributed by atoms with Crippen molar-refractivity contribution in [1.82, 2.24) is 0 Å². The number of benzene rings is 2.